The second-order valence-corrected chi connectivity index (χ2v) is 8.51. The number of pyridine rings is 1. The summed E-state index contributed by atoms with van der Waals surface area (Å²) in [6, 6.07) is 18.9. The van der Waals surface area contributed by atoms with Gasteiger partial charge in [-0.05, 0) is 36.4 Å². The summed E-state index contributed by atoms with van der Waals surface area (Å²) in [6.45, 7) is 6.23. The first kappa shape index (κ1) is 20.5. The number of carbonyl (C=O) groups excluding carboxylic acids is 1. The van der Waals surface area contributed by atoms with Crippen molar-refractivity contribution in [2.45, 2.75) is 13.3 Å². The van der Waals surface area contributed by atoms with Crippen LogP contribution in [0.2, 0.25) is 0 Å². The molecule has 0 amide bonds. The first-order valence-corrected chi connectivity index (χ1v) is 11.3. The first-order valence-electron chi connectivity index (χ1n) is 11.3. The van der Waals surface area contributed by atoms with E-state index in [9.17, 15) is 4.79 Å². The van der Waals surface area contributed by atoms with E-state index in [1.807, 2.05) is 43.6 Å². The Morgan fingerprint density at radius 3 is 2.31 bits per heavy atom. The number of hydrogen-bond donors (Lipinski definition) is 1. The minimum atomic E-state index is 0.166. The summed E-state index contributed by atoms with van der Waals surface area (Å²) < 4.78 is 0. The highest BCUT2D eigenvalue weighted by atomic mass is 16.1. The van der Waals surface area contributed by atoms with Gasteiger partial charge in [0.05, 0.1) is 0 Å². The van der Waals surface area contributed by atoms with Crippen LogP contribution in [-0.4, -0.2) is 53.9 Å². The third kappa shape index (κ3) is 3.92. The number of ketones is 1. The van der Waals surface area contributed by atoms with Gasteiger partial charge in [-0.25, -0.2) is 4.98 Å². The van der Waals surface area contributed by atoms with Gasteiger partial charge in [-0.2, -0.15) is 0 Å². The number of aromatic amines is 1. The number of nitrogens with zero attached hydrogens (tertiary/aromatic N) is 3. The maximum Gasteiger partial charge on any atom is 0.162 e. The lowest BCUT2D eigenvalue weighted by atomic mass is 10.00. The molecule has 2 aromatic carbocycles. The molecule has 2 aromatic heterocycles. The van der Waals surface area contributed by atoms with Crippen LogP contribution in [0.15, 0.2) is 67.0 Å². The summed E-state index contributed by atoms with van der Waals surface area (Å²) in [5.74, 6) is 0.166. The van der Waals surface area contributed by atoms with Crippen molar-refractivity contribution in [2.24, 2.45) is 0 Å². The number of Topliss-reactive ketones (excluding diaryl/α,β-unsaturated/α-hetero) is 1. The SMILES string of the molecule is CCC(=O)c1ccc(-c2c[nH]c3ncc(-c4ccc(N5CCN(C)CC5)cc4)cc23)cc1. The topological polar surface area (TPSA) is 52.2 Å². The number of hydrogen-bond acceptors (Lipinski definition) is 4. The minimum absolute atomic E-state index is 0.166. The Morgan fingerprint density at radius 2 is 1.62 bits per heavy atom. The van der Waals surface area contributed by atoms with Crippen LogP contribution < -0.4 is 4.90 Å². The van der Waals surface area contributed by atoms with Gasteiger partial charge in [-0.3, -0.25) is 4.79 Å². The van der Waals surface area contributed by atoms with Gasteiger partial charge in [0.2, 0.25) is 0 Å². The molecule has 1 aliphatic rings. The summed E-state index contributed by atoms with van der Waals surface area (Å²) in [7, 11) is 2.18. The number of nitrogens with one attached hydrogen (secondary N) is 1. The quantitative estimate of drug-likeness (QED) is 0.445. The van der Waals surface area contributed by atoms with Gasteiger partial charge in [0.25, 0.3) is 0 Å². The van der Waals surface area contributed by atoms with E-state index in [-0.39, 0.29) is 5.78 Å². The molecule has 0 aliphatic carbocycles. The lowest BCUT2D eigenvalue weighted by Gasteiger charge is -2.34. The molecule has 32 heavy (non-hydrogen) atoms. The molecule has 0 saturated carbocycles. The van der Waals surface area contributed by atoms with Crippen LogP contribution in [0.5, 0.6) is 0 Å². The number of piperazine rings is 1. The Hall–Kier alpha value is -3.44. The zero-order valence-electron chi connectivity index (χ0n) is 18.6. The maximum atomic E-state index is 11.9. The average molecular weight is 425 g/mol. The van der Waals surface area contributed by atoms with E-state index < -0.39 is 0 Å². The monoisotopic (exact) mass is 424 g/mol. The molecule has 1 saturated heterocycles. The van der Waals surface area contributed by atoms with Crippen LogP contribution in [0.4, 0.5) is 5.69 Å². The Bertz CT molecular complexity index is 1230. The Balaban J connectivity index is 1.43. The van der Waals surface area contributed by atoms with Crippen molar-refractivity contribution in [3.8, 4) is 22.3 Å². The number of anilines is 1. The maximum absolute atomic E-state index is 11.9. The third-order valence-corrected chi connectivity index (χ3v) is 6.44. The van der Waals surface area contributed by atoms with Gasteiger partial charge in [0.15, 0.2) is 5.78 Å². The van der Waals surface area contributed by atoms with Crippen molar-refractivity contribution in [1.29, 1.82) is 0 Å². The van der Waals surface area contributed by atoms with Crippen LogP contribution in [-0.2, 0) is 0 Å². The van der Waals surface area contributed by atoms with Gasteiger partial charge in [0.1, 0.15) is 5.65 Å². The standard InChI is InChI=1S/C27H28N4O/c1-3-26(32)21-6-4-20(5-7-21)25-18-29-27-24(25)16-22(17-28-27)19-8-10-23(11-9-19)31-14-12-30(2)13-15-31/h4-11,16-18H,3,12-15H2,1-2H3,(H,28,29). The molecule has 1 aliphatic heterocycles. The van der Waals surface area contributed by atoms with Crippen molar-refractivity contribution in [1.82, 2.24) is 14.9 Å². The molecule has 0 atom stereocenters. The number of H-pyrrole nitrogens is 1. The third-order valence-electron chi connectivity index (χ3n) is 6.44. The predicted octanol–water partition coefficient (Wildman–Crippen LogP) is 5.24. The number of likely N-dealkylation sites (N-methyl/N-ethyl adjacent to an activating group) is 1. The van der Waals surface area contributed by atoms with Gasteiger partial charge in [-0.15, -0.1) is 0 Å². The number of benzene rings is 2. The van der Waals surface area contributed by atoms with Crippen LogP contribution >= 0.6 is 0 Å². The Kier molecular flexibility index (Phi) is 5.50. The van der Waals surface area contributed by atoms with Crippen molar-refractivity contribution < 1.29 is 4.79 Å². The summed E-state index contributed by atoms with van der Waals surface area (Å²) in [5.41, 5.74) is 7.34. The zero-order valence-corrected chi connectivity index (χ0v) is 18.6. The lowest BCUT2D eigenvalue weighted by Crippen LogP contribution is -2.44. The summed E-state index contributed by atoms with van der Waals surface area (Å²) >= 11 is 0. The molecule has 3 heterocycles. The van der Waals surface area contributed by atoms with Crippen molar-refractivity contribution in [3.05, 3.63) is 72.6 Å². The second kappa shape index (κ2) is 8.60. The fraction of sp³-hybridized carbons (Fsp3) is 0.259. The molecular formula is C27H28N4O. The Labute approximate surface area is 188 Å². The summed E-state index contributed by atoms with van der Waals surface area (Å²) in [5, 5.41) is 1.08. The van der Waals surface area contributed by atoms with Crippen LogP contribution in [0.1, 0.15) is 23.7 Å². The molecule has 162 valence electrons. The predicted molar refractivity (Wildman–Crippen MR) is 131 cm³/mol. The first-order chi connectivity index (χ1) is 15.6. The molecule has 1 fully saturated rings. The average Bonchev–Trinajstić information content (AvgIpc) is 3.27. The molecule has 5 nitrogen and oxygen atoms in total. The molecule has 5 rings (SSSR count). The van der Waals surface area contributed by atoms with E-state index in [1.165, 1.54) is 5.69 Å². The fourth-order valence-corrected chi connectivity index (χ4v) is 4.37. The number of fused-ring (bicyclic) bond motifs is 1. The second-order valence-electron chi connectivity index (χ2n) is 8.51. The summed E-state index contributed by atoms with van der Waals surface area (Å²) in [4.78, 5) is 24.7. The highest BCUT2D eigenvalue weighted by molar-refractivity contribution is 5.98. The van der Waals surface area contributed by atoms with E-state index in [1.54, 1.807) is 0 Å². The Morgan fingerprint density at radius 1 is 0.938 bits per heavy atom. The van der Waals surface area contributed by atoms with Crippen LogP contribution in [0, 0.1) is 0 Å². The molecule has 0 bridgehead atoms. The van der Waals surface area contributed by atoms with Gasteiger partial charge >= 0.3 is 0 Å². The van der Waals surface area contributed by atoms with E-state index in [0.29, 0.717) is 6.42 Å². The molecule has 0 spiro atoms. The van der Waals surface area contributed by atoms with Gasteiger partial charge < -0.3 is 14.8 Å². The van der Waals surface area contributed by atoms with E-state index in [0.717, 1.165) is 65.0 Å². The minimum Gasteiger partial charge on any atom is -0.369 e. The molecule has 4 aromatic rings. The van der Waals surface area contributed by atoms with E-state index in [2.05, 4.69) is 57.1 Å². The normalized spacial score (nSPS) is 14.8. The number of rotatable bonds is 5. The van der Waals surface area contributed by atoms with Crippen molar-refractivity contribution in [2.75, 3.05) is 38.1 Å². The number of aromatic nitrogens is 2. The van der Waals surface area contributed by atoms with Crippen molar-refractivity contribution in [3.63, 3.8) is 0 Å². The smallest absolute Gasteiger partial charge is 0.162 e. The van der Waals surface area contributed by atoms with Crippen LogP contribution in [0.25, 0.3) is 33.3 Å². The lowest BCUT2D eigenvalue weighted by molar-refractivity contribution is 0.0988. The van der Waals surface area contributed by atoms with E-state index >= 15 is 0 Å². The highest BCUT2D eigenvalue weighted by Gasteiger charge is 2.15. The number of carbonyl (C=O) groups is 1. The van der Waals surface area contributed by atoms with Gasteiger partial charge in [0, 0.05) is 72.8 Å². The largest absolute Gasteiger partial charge is 0.369 e. The summed E-state index contributed by atoms with van der Waals surface area (Å²) in [6.07, 6.45) is 4.44. The fourth-order valence-electron chi connectivity index (χ4n) is 4.37. The van der Waals surface area contributed by atoms with Crippen molar-refractivity contribution >= 4 is 22.5 Å². The van der Waals surface area contributed by atoms with E-state index in [4.69, 9.17) is 0 Å². The zero-order chi connectivity index (χ0) is 22.1. The van der Waals surface area contributed by atoms with Crippen LogP contribution in [0.3, 0.4) is 0 Å². The molecule has 1 N–H and O–H groups in total. The molecule has 5 heteroatoms. The molecule has 0 unspecified atom stereocenters. The highest BCUT2D eigenvalue weighted by Crippen LogP contribution is 2.32. The molecular weight excluding hydrogens is 396 g/mol. The molecule has 0 radical (unpaired) electrons. The van der Waals surface area contributed by atoms with Gasteiger partial charge in [-0.1, -0.05) is 43.3 Å².